The van der Waals surface area contributed by atoms with E-state index in [4.69, 9.17) is 5.11 Å². The maximum Gasteiger partial charge on any atom is 0.307 e. The average molecular weight is 304 g/mol. The molecule has 2 rings (SSSR count). The van der Waals surface area contributed by atoms with Gasteiger partial charge in [0.25, 0.3) is 10.2 Å². The van der Waals surface area contributed by atoms with E-state index in [0.29, 0.717) is 25.3 Å². The van der Waals surface area contributed by atoms with Crippen molar-refractivity contribution < 1.29 is 18.3 Å². The second-order valence-corrected chi connectivity index (χ2v) is 7.64. The van der Waals surface area contributed by atoms with Crippen molar-refractivity contribution in [3.8, 4) is 0 Å². The van der Waals surface area contributed by atoms with Crippen molar-refractivity contribution in [1.29, 1.82) is 0 Å². The molecule has 0 aromatic heterocycles. The van der Waals surface area contributed by atoms with E-state index >= 15 is 0 Å². The highest BCUT2D eigenvalue weighted by Gasteiger charge is 2.34. The first kappa shape index (κ1) is 15.7. The van der Waals surface area contributed by atoms with Crippen LogP contribution >= 0.6 is 0 Å². The molecule has 20 heavy (non-hydrogen) atoms. The van der Waals surface area contributed by atoms with E-state index in [-0.39, 0.29) is 12.6 Å². The Hall–Kier alpha value is -0.660. The highest BCUT2D eigenvalue weighted by Crippen LogP contribution is 2.34. The predicted molar refractivity (Wildman–Crippen MR) is 75.4 cm³/mol. The summed E-state index contributed by atoms with van der Waals surface area (Å²) in [6.07, 6.45) is 5.22. The number of hydrogen-bond donors (Lipinski definition) is 2. The zero-order chi connectivity index (χ0) is 14.8. The molecule has 0 bridgehead atoms. The van der Waals surface area contributed by atoms with E-state index in [2.05, 4.69) is 4.72 Å². The molecule has 2 fully saturated rings. The summed E-state index contributed by atoms with van der Waals surface area (Å²) in [5, 5.41) is 9.04. The Labute approximate surface area is 120 Å². The van der Waals surface area contributed by atoms with Crippen LogP contribution in [-0.2, 0) is 15.0 Å². The second kappa shape index (κ2) is 6.41. The quantitative estimate of drug-likeness (QED) is 0.740. The molecule has 0 radical (unpaired) electrons. The number of nitrogens with one attached hydrogen (secondary N) is 1. The van der Waals surface area contributed by atoms with Crippen LogP contribution in [0, 0.1) is 11.8 Å². The molecular weight excluding hydrogens is 280 g/mol. The van der Waals surface area contributed by atoms with Crippen LogP contribution in [0.4, 0.5) is 0 Å². The third kappa shape index (κ3) is 4.17. The predicted octanol–water partition coefficient (Wildman–Crippen LogP) is 1.20. The van der Waals surface area contributed by atoms with Crippen molar-refractivity contribution in [2.45, 2.75) is 51.5 Å². The van der Waals surface area contributed by atoms with Crippen LogP contribution in [0.1, 0.15) is 45.4 Å². The van der Waals surface area contributed by atoms with Gasteiger partial charge in [0.2, 0.25) is 0 Å². The monoisotopic (exact) mass is 304 g/mol. The first-order valence-corrected chi connectivity index (χ1v) is 8.86. The van der Waals surface area contributed by atoms with Crippen LogP contribution in [0.25, 0.3) is 0 Å². The Bertz CT molecular complexity index is 447. The first-order chi connectivity index (χ1) is 9.42. The van der Waals surface area contributed by atoms with Gasteiger partial charge >= 0.3 is 5.97 Å². The van der Waals surface area contributed by atoms with Crippen molar-refractivity contribution in [2.75, 3.05) is 13.1 Å². The van der Waals surface area contributed by atoms with Crippen LogP contribution in [0.2, 0.25) is 0 Å². The molecule has 1 aliphatic carbocycles. The zero-order valence-electron chi connectivity index (χ0n) is 11.9. The molecule has 6 nitrogen and oxygen atoms in total. The Kier molecular flexibility index (Phi) is 5.04. The molecule has 2 unspecified atom stereocenters. The van der Waals surface area contributed by atoms with Gasteiger partial charge in [0.15, 0.2) is 0 Å². The number of hydrogen-bond acceptors (Lipinski definition) is 3. The molecule has 2 aliphatic rings. The summed E-state index contributed by atoms with van der Waals surface area (Å²) in [5.41, 5.74) is 0. The minimum Gasteiger partial charge on any atom is -0.481 e. The molecule has 2 atom stereocenters. The van der Waals surface area contributed by atoms with Crippen molar-refractivity contribution in [1.82, 2.24) is 9.03 Å². The maximum atomic E-state index is 12.3. The molecule has 2 N–H and O–H groups in total. The van der Waals surface area contributed by atoms with Crippen LogP contribution in [0.3, 0.4) is 0 Å². The van der Waals surface area contributed by atoms with Crippen LogP contribution in [0.5, 0.6) is 0 Å². The fourth-order valence-electron chi connectivity index (χ4n) is 2.70. The molecular formula is C13H24N2O4S. The lowest BCUT2D eigenvalue weighted by molar-refractivity contribution is -0.142. The lowest BCUT2D eigenvalue weighted by atomic mass is 10.0. The van der Waals surface area contributed by atoms with Gasteiger partial charge in [0, 0.05) is 19.1 Å². The van der Waals surface area contributed by atoms with Gasteiger partial charge in [-0.15, -0.1) is 0 Å². The largest absolute Gasteiger partial charge is 0.481 e. The number of carboxylic acid groups (broad SMARTS) is 1. The number of carboxylic acids is 1. The molecule has 7 heteroatoms. The molecule has 0 spiro atoms. The summed E-state index contributed by atoms with van der Waals surface area (Å²) in [7, 11) is -3.56. The minimum absolute atomic E-state index is 0.0299. The average Bonchev–Trinajstić information content (AvgIpc) is 3.21. The van der Waals surface area contributed by atoms with Gasteiger partial charge in [0.05, 0.1) is 5.92 Å². The molecule has 1 saturated carbocycles. The van der Waals surface area contributed by atoms with Gasteiger partial charge in [-0.05, 0) is 31.6 Å². The fourth-order valence-corrected chi connectivity index (χ4v) is 4.28. The summed E-state index contributed by atoms with van der Waals surface area (Å²) in [6.45, 7) is 2.48. The Morgan fingerprint density at radius 2 is 2.10 bits per heavy atom. The van der Waals surface area contributed by atoms with Crippen molar-refractivity contribution >= 4 is 16.2 Å². The van der Waals surface area contributed by atoms with Gasteiger partial charge in [-0.3, -0.25) is 4.79 Å². The number of piperidine rings is 1. The SMILES string of the molecule is CCC(CC1CC1)NS(=O)(=O)N1CCCC(C(=O)O)C1. The standard InChI is InChI=1S/C13H24N2O4S/c1-2-12(8-10-5-6-10)14-20(18,19)15-7-3-4-11(9-15)13(16)17/h10-12,14H,2-9H2,1H3,(H,16,17). The molecule has 1 heterocycles. The van der Waals surface area contributed by atoms with E-state index in [1.54, 1.807) is 0 Å². The third-order valence-electron chi connectivity index (χ3n) is 4.20. The summed E-state index contributed by atoms with van der Waals surface area (Å²) < 4.78 is 28.7. The van der Waals surface area contributed by atoms with Crippen molar-refractivity contribution in [3.05, 3.63) is 0 Å². The van der Waals surface area contributed by atoms with Crippen LogP contribution in [0.15, 0.2) is 0 Å². The molecule has 0 aromatic rings. The summed E-state index contributed by atoms with van der Waals surface area (Å²) in [6, 6.07) is -0.0299. The normalized spacial score (nSPS) is 26.4. The molecule has 0 aromatic carbocycles. The summed E-state index contributed by atoms with van der Waals surface area (Å²) >= 11 is 0. The van der Waals surface area contributed by atoms with E-state index in [9.17, 15) is 13.2 Å². The molecule has 1 aliphatic heterocycles. The van der Waals surface area contributed by atoms with E-state index in [0.717, 1.165) is 12.8 Å². The van der Waals surface area contributed by atoms with Gasteiger partial charge in [-0.2, -0.15) is 17.4 Å². The van der Waals surface area contributed by atoms with Gasteiger partial charge < -0.3 is 5.11 Å². The number of aliphatic carboxylic acids is 1. The second-order valence-electron chi connectivity index (χ2n) is 5.94. The third-order valence-corrected chi connectivity index (χ3v) is 5.84. The Morgan fingerprint density at radius 1 is 1.40 bits per heavy atom. The highest BCUT2D eigenvalue weighted by molar-refractivity contribution is 7.87. The lowest BCUT2D eigenvalue weighted by Crippen LogP contribution is -2.50. The highest BCUT2D eigenvalue weighted by atomic mass is 32.2. The Balaban J connectivity index is 1.95. The van der Waals surface area contributed by atoms with Crippen molar-refractivity contribution in [3.63, 3.8) is 0 Å². The fraction of sp³-hybridized carbons (Fsp3) is 0.923. The van der Waals surface area contributed by atoms with E-state index in [1.165, 1.54) is 17.1 Å². The van der Waals surface area contributed by atoms with Crippen LogP contribution in [-0.4, -0.2) is 42.9 Å². The van der Waals surface area contributed by atoms with Gasteiger partial charge in [0.1, 0.15) is 0 Å². The smallest absolute Gasteiger partial charge is 0.307 e. The van der Waals surface area contributed by atoms with Gasteiger partial charge in [-0.1, -0.05) is 19.8 Å². The summed E-state index contributed by atoms with van der Waals surface area (Å²) in [5.74, 6) is -0.825. The van der Waals surface area contributed by atoms with Crippen LogP contribution < -0.4 is 4.72 Å². The molecule has 116 valence electrons. The minimum atomic E-state index is -3.56. The first-order valence-electron chi connectivity index (χ1n) is 7.42. The molecule has 1 saturated heterocycles. The number of carbonyl (C=O) groups is 1. The van der Waals surface area contributed by atoms with Crippen molar-refractivity contribution in [2.24, 2.45) is 11.8 Å². The maximum absolute atomic E-state index is 12.3. The zero-order valence-corrected chi connectivity index (χ0v) is 12.7. The topological polar surface area (TPSA) is 86.7 Å². The summed E-state index contributed by atoms with van der Waals surface area (Å²) in [4.78, 5) is 11.0. The van der Waals surface area contributed by atoms with E-state index < -0.39 is 22.1 Å². The number of rotatable bonds is 7. The van der Waals surface area contributed by atoms with Gasteiger partial charge in [-0.25, -0.2) is 0 Å². The Morgan fingerprint density at radius 3 is 2.65 bits per heavy atom. The van der Waals surface area contributed by atoms with E-state index in [1.807, 2.05) is 6.92 Å². The molecule has 0 amide bonds. The lowest BCUT2D eigenvalue weighted by Gasteiger charge is -2.31. The number of nitrogens with zero attached hydrogens (tertiary/aromatic N) is 1.